The SMILES string of the molecule is CN(CCCC#N)C1CCCC1. The van der Waals surface area contributed by atoms with Crippen LogP contribution in [-0.4, -0.2) is 24.5 Å². The summed E-state index contributed by atoms with van der Waals surface area (Å²) in [5, 5.41) is 8.38. The molecule has 0 amide bonds. The minimum absolute atomic E-state index is 0.705. The molecule has 1 saturated carbocycles. The first kappa shape index (κ1) is 9.54. The highest BCUT2D eigenvalue weighted by Gasteiger charge is 2.18. The van der Waals surface area contributed by atoms with Crippen molar-refractivity contribution in [3.63, 3.8) is 0 Å². The van der Waals surface area contributed by atoms with E-state index in [0.717, 1.165) is 19.0 Å². The van der Waals surface area contributed by atoms with Crippen molar-refractivity contribution >= 4 is 0 Å². The van der Waals surface area contributed by atoms with Crippen LogP contribution >= 0.6 is 0 Å². The van der Waals surface area contributed by atoms with Crippen LogP contribution in [0.3, 0.4) is 0 Å². The van der Waals surface area contributed by atoms with E-state index in [-0.39, 0.29) is 0 Å². The highest BCUT2D eigenvalue weighted by Crippen LogP contribution is 2.22. The average Bonchev–Trinajstić information content (AvgIpc) is 2.56. The van der Waals surface area contributed by atoms with Crippen molar-refractivity contribution in [2.24, 2.45) is 0 Å². The summed E-state index contributed by atoms with van der Waals surface area (Å²) in [6.07, 6.45) is 7.26. The van der Waals surface area contributed by atoms with Crippen molar-refractivity contribution in [3.05, 3.63) is 0 Å². The van der Waals surface area contributed by atoms with Crippen molar-refractivity contribution in [2.75, 3.05) is 13.6 Å². The molecule has 12 heavy (non-hydrogen) atoms. The number of nitrogens with zero attached hydrogens (tertiary/aromatic N) is 2. The second-order valence-electron chi connectivity index (χ2n) is 3.68. The Morgan fingerprint density at radius 2 is 2.08 bits per heavy atom. The zero-order valence-corrected chi connectivity index (χ0v) is 7.92. The van der Waals surface area contributed by atoms with Gasteiger partial charge in [-0.1, -0.05) is 12.8 Å². The van der Waals surface area contributed by atoms with Gasteiger partial charge in [0.25, 0.3) is 0 Å². The summed E-state index contributed by atoms with van der Waals surface area (Å²) in [6.45, 7) is 1.10. The molecule has 0 aromatic heterocycles. The van der Waals surface area contributed by atoms with Crippen molar-refractivity contribution in [1.29, 1.82) is 5.26 Å². The van der Waals surface area contributed by atoms with Gasteiger partial charge >= 0.3 is 0 Å². The van der Waals surface area contributed by atoms with Gasteiger partial charge in [-0.05, 0) is 32.9 Å². The molecule has 0 bridgehead atoms. The van der Waals surface area contributed by atoms with E-state index in [0.29, 0.717) is 6.42 Å². The topological polar surface area (TPSA) is 27.0 Å². The first-order chi connectivity index (χ1) is 5.84. The van der Waals surface area contributed by atoms with Crippen LogP contribution in [0, 0.1) is 11.3 Å². The molecule has 0 radical (unpaired) electrons. The van der Waals surface area contributed by atoms with Crippen molar-refractivity contribution < 1.29 is 0 Å². The average molecular weight is 166 g/mol. The summed E-state index contributed by atoms with van der Waals surface area (Å²) < 4.78 is 0. The standard InChI is InChI=1S/C10H18N2/c1-12(9-5-4-8-11)10-6-2-3-7-10/h10H,2-7,9H2,1H3. The molecule has 68 valence electrons. The van der Waals surface area contributed by atoms with Crippen molar-refractivity contribution in [1.82, 2.24) is 4.90 Å². The fraction of sp³-hybridized carbons (Fsp3) is 0.900. The molecule has 2 heteroatoms. The minimum Gasteiger partial charge on any atom is -0.303 e. The maximum atomic E-state index is 8.38. The van der Waals surface area contributed by atoms with Gasteiger partial charge in [-0.2, -0.15) is 5.26 Å². The largest absolute Gasteiger partial charge is 0.303 e. The molecule has 0 saturated heterocycles. The molecule has 0 heterocycles. The minimum atomic E-state index is 0.705. The van der Waals surface area contributed by atoms with Gasteiger partial charge in [0.2, 0.25) is 0 Å². The Kier molecular flexibility index (Phi) is 4.10. The predicted molar refractivity (Wildman–Crippen MR) is 49.7 cm³/mol. The lowest BCUT2D eigenvalue weighted by atomic mass is 10.2. The molecule has 1 aliphatic rings. The molecular weight excluding hydrogens is 148 g/mol. The van der Waals surface area contributed by atoms with E-state index in [4.69, 9.17) is 5.26 Å². The zero-order chi connectivity index (χ0) is 8.81. The van der Waals surface area contributed by atoms with Crippen LogP contribution in [0.25, 0.3) is 0 Å². The Morgan fingerprint density at radius 3 is 2.67 bits per heavy atom. The Hall–Kier alpha value is -0.550. The third kappa shape index (κ3) is 2.83. The summed E-state index contributed by atoms with van der Waals surface area (Å²) in [6, 6.07) is 3.00. The smallest absolute Gasteiger partial charge is 0.0622 e. The Morgan fingerprint density at radius 1 is 1.42 bits per heavy atom. The fourth-order valence-electron chi connectivity index (χ4n) is 1.94. The second-order valence-corrected chi connectivity index (χ2v) is 3.68. The number of rotatable bonds is 4. The van der Waals surface area contributed by atoms with Gasteiger partial charge in [0.15, 0.2) is 0 Å². The fourth-order valence-corrected chi connectivity index (χ4v) is 1.94. The van der Waals surface area contributed by atoms with Crippen LogP contribution in [0.5, 0.6) is 0 Å². The van der Waals surface area contributed by atoms with E-state index in [9.17, 15) is 0 Å². The summed E-state index contributed by atoms with van der Waals surface area (Å²) in [5.74, 6) is 0. The van der Waals surface area contributed by atoms with Gasteiger partial charge in [0, 0.05) is 12.5 Å². The van der Waals surface area contributed by atoms with Crippen LogP contribution < -0.4 is 0 Å². The number of nitriles is 1. The van der Waals surface area contributed by atoms with Gasteiger partial charge in [0.05, 0.1) is 6.07 Å². The molecule has 0 N–H and O–H groups in total. The quantitative estimate of drug-likeness (QED) is 0.598. The van der Waals surface area contributed by atoms with E-state index in [1.807, 2.05) is 0 Å². The van der Waals surface area contributed by atoms with Crippen LogP contribution in [0.2, 0.25) is 0 Å². The Bertz CT molecular complexity index is 154. The van der Waals surface area contributed by atoms with E-state index in [1.54, 1.807) is 0 Å². The van der Waals surface area contributed by atoms with E-state index >= 15 is 0 Å². The lowest BCUT2D eigenvalue weighted by Crippen LogP contribution is -2.29. The summed E-state index contributed by atoms with van der Waals surface area (Å²) in [4.78, 5) is 2.42. The number of unbranched alkanes of at least 4 members (excludes halogenated alkanes) is 1. The van der Waals surface area contributed by atoms with Crippen molar-refractivity contribution in [2.45, 2.75) is 44.6 Å². The molecule has 0 aliphatic heterocycles. The summed E-state index contributed by atoms with van der Waals surface area (Å²) in [5.41, 5.74) is 0. The molecular formula is C10H18N2. The maximum Gasteiger partial charge on any atom is 0.0622 e. The highest BCUT2D eigenvalue weighted by atomic mass is 15.1. The molecule has 1 aliphatic carbocycles. The third-order valence-electron chi connectivity index (χ3n) is 2.75. The van der Waals surface area contributed by atoms with Crippen LogP contribution in [0.1, 0.15) is 38.5 Å². The second kappa shape index (κ2) is 5.16. The molecule has 2 nitrogen and oxygen atoms in total. The number of hydrogen-bond acceptors (Lipinski definition) is 2. The summed E-state index contributed by atoms with van der Waals surface area (Å²) in [7, 11) is 2.19. The zero-order valence-electron chi connectivity index (χ0n) is 7.92. The number of hydrogen-bond donors (Lipinski definition) is 0. The third-order valence-corrected chi connectivity index (χ3v) is 2.75. The lowest BCUT2D eigenvalue weighted by molar-refractivity contribution is 0.244. The van der Waals surface area contributed by atoms with Crippen LogP contribution in [0.4, 0.5) is 0 Å². The summed E-state index contributed by atoms with van der Waals surface area (Å²) >= 11 is 0. The van der Waals surface area contributed by atoms with Gasteiger partial charge in [-0.15, -0.1) is 0 Å². The first-order valence-electron chi connectivity index (χ1n) is 4.92. The Labute approximate surface area is 75.2 Å². The monoisotopic (exact) mass is 166 g/mol. The molecule has 0 spiro atoms. The Balaban J connectivity index is 2.10. The van der Waals surface area contributed by atoms with E-state index in [2.05, 4.69) is 18.0 Å². The lowest BCUT2D eigenvalue weighted by Gasteiger charge is -2.23. The van der Waals surface area contributed by atoms with Gasteiger partial charge in [-0.25, -0.2) is 0 Å². The predicted octanol–water partition coefficient (Wildman–Crippen LogP) is 2.16. The van der Waals surface area contributed by atoms with Crippen LogP contribution in [0.15, 0.2) is 0 Å². The van der Waals surface area contributed by atoms with E-state index in [1.165, 1.54) is 25.7 Å². The molecule has 1 rings (SSSR count). The molecule has 0 aromatic carbocycles. The molecule has 0 atom stereocenters. The molecule has 0 unspecified atom stereocenters. The normalized spacial score (nSPS) is 18.4. The van der Waals surface area contributed by atoms with Gasteiger partial charge in [0.1, 0.15) is 0 Å². The molecule has 0 aromatic rings. The maximum absolute atomic E-state index is 8.38. The van der Waals surface area contributed by atoms with Crippen LogP contribution in [-0.2, 0) is 0 Å². The van der Waals surface area contributed by atoms with Gasteiger partial charge < -0.3 is 4.90 Å². The van der Waals surface area contributed by atoms with Gasteiger partial charge in [-0.3, -0.25) is 0 Å². The van der Waals surface area contributed by atoms with E-state index < -0.39 is 0 Å². The van der Waals surface area contributed by atoms with Crippen molar-refractivity contribution in [3.8, 4) is 6.07 Å². The highest BCUT2D eigenvalue weighted by molar-refractivity contribution is 4.76. The molecule has 1 fully saturated rings. The first-order valence-corrected chi connectivity index (χ1v) is 4.92.